The molecule has 0 bridgehead atoms. The summed E-state index contributed by atoms with van der Waals surface area (Å²) in [6, 6.07) is 0.651. The van der Waals surface area contributed by atoms with Gasteiger partial charge in [0.15, 0.2) is 5.11 Å². The van der Waals surface area contributed by atoms with Gasteiger partial charge < -0.3 is 15.4 Å². The molecule has 0 aromatic heterocycles. The highest BCUT2D eigenvalue weighted by molar-refractivity contribution is 7.80. The maximum Gasteiger partial charge on any atom is 0.166 e. The van der Waals surface area contributed by atoms with Crippen LogP contribution in [0.15, 0.2) is 0 Å². The Morgan fingerprint density at radius 2 is 2.21 bits per heavy atom. The molecule has 4 heteroatoms. The van der Waals surface area contributed by atoms with E-state index in [0.717, 1.165) is 24.9 Å². The molecule has 2 aliphatic rings. The lowest BCUT2D eigenvalue weighted by molar-refractivity contribution is 0.0565. The minimum Gasteiger partial charge on any atom is -0.381 e. The Hall–Kier alpha value is -0.350. The molecule has 1 aliphatic heterocycles. The molecule has 1 atom stereocenters. The summed E-state index contributed by atoms with van der Waals surface area (Å²) in [5.74, 6) is 0.641. The Kier molecular flexibility index (Phi) is 3.59. The Labute approximate surface area is 90.6 Å². The van der Waals surface area contributed by atoms with E-state index in [0.29, 0.717) is 12.0 Å². The molecule has 0 spiro atoms. The molecule has 0 amide bonds. The number of rotatable bonds is 3. The monoisotopic (exact) mass is 214 g/mol. The first-order valence-corrected chi connectivity index (χ1v) is 5.87. The van der Waals surface area contributed by atoms with Gasteiger partial charge in [0, 0.05) is 19.2 Å². The molecule has 80 valence electrons. The Bertz CT molecular complexity index is 200. The highest BCUT2D eigenvalue weighted by Gasteiger charge is 2.22. The van der Waals surface area contributed by atoms with E-state index in [1.807, 2.05) is 0 Å². The lowest BCUT2D eigenvalue weighted by atomic mass is 10.0. The first kappa shape index (κ1) is 10.2. The maximum absolute atomic E-state index is 5.40. The molecule has 2 N–H and O–H groups in total. The lowest BCUT2D eigenvalue weighted by Gasteiger charge is -2.22. The van der Waals surface area contributed by atoms with Crippen LogP contribution >= 0.6 is 12.2 Å². The normalized spacial score (nSPS) is 27.0. The second kappa shape index (κ2) is 4.94. The van der Waals surface area contributed by atoms with E-state index in [2.05, 4.69) is 10.6 Å². The van der Waals surface area contributed by atoms with E-state index in [1.54, 1.807) is 0 Å². The fraction of sp³-hybridized carbons (Fsp3) is 0.900. The molecule has 3 nitrogen and oxygen atoms in total. The molecular formula is C10H18N2OS. The first-order valence-electron chi connectivity index (χ1n) is 5.46. The third-order valence-corrected chi connectivity index (χ3v) is 2.98. The fourth-order valence-electron chi connectivity index (χ4n) is 1.67. The average molecular weight is 214 g/mol. The molecule has 1 unspecified atom stereocenters. The van der Waals surface area contributed by atoms with Crippen LogP contribution in [0.3, 0.4) is 0 Å². The topological polar surface area (TPSA) is 33.3 Å². The van der Waals surface area contributed by atoms with Crippen LogP contribution in [0.4, 0.5) is 0 Å². The van der Waals surface area contributed by atoms with Crippen LogP contribution in [0.5, 0.6) is 0 Å². The standard InChI is InChI=1S/C10H18N2OS/c14-10(12-9-3-4-9)11-6-8-2-1-5-13-7-8/h8-9H,1-7H2,(H2,11,12,14). The first-order chi connectivity index (χ1) is 6.84. The summed E-state index contributed by atoms with van der Waals surface area (Å²) in [5, 5.41) is 7.35. The Morgan fingerprint density at radius 3 is 2.86 bits per heavy atom. The van der Waals surface area contributed by atoms with Crippen LogP contribution < -0.4 is 10.6 Å². The average Bonchev–Trinajstić information content (AvgIpc) is 3.00. The summed E-state index contributed by atoms with van der Waals surface area (Å²) in [4.78, 5) is 0. The van der Waals surface area contributed by atoms with Gasteiger partial charge in [-0.1, -0.05) is 0 Å². The van der Waals surface area contributed by atoms with Crippen LogP contribution in [-0.2, 0) is 4.74 Å². The Balaban J connectivity index is 1.57. The summed E-state index contributed by atoms with van der Waals surface area (Å²) in [7, 11) is 0. The summed E-state index contributed by atoms with van der Waals surface area (Å²) in [6.07, 6.45) is 5.00. The zero-order valence-corrected chi connectivity index (χ0v) is 9.24. The van der Waals surface area contributed by atoms with Gasteiger partial charge in [0.2, 0.25) is 0 Å². The van der Waals surface area contributed by atoms with Crippen LogP contribution in [0.2, 0.25) is 0 Å². The third-order valence-electron chi connectivity index (χ3n) is 2.72. The molecule has 2 fully saturated rings. The summed E-state index contributed by atoms with van der Waals surface area (Å²) < 4.78 is 5.40. The smallest absolute Gasteiger partial charge is 0.166 e. The second-order valence-corrected chi connectivity index (χ2v) is 4.62. The quantitative estimate of drug-likeness (QED) is 0.688. The van der Waals surface area contributed by atoms with E-state index in [-0.39, 0.29) is 0 Å². The van der Waals surface area contributed by atoms with Gasteiger partial charge in [-0.15, -0.1) is 0 Å². The molecule has 2 rings (SSSR count). The molecular weight excluding hydrogens is 196 g/mol. The van der Waals surface area contributed by atoms with Crippen molar-refractivity contribution in [3.8, 4) is 0 Å². The third kappa shape index (κ3) is 3.42. The van der Waals surface area contributed by atoms with Crippen LogP contribution in [-0.4, -0.2) is 30.9 Å². The number of hydrogen-bond acceptors (Lipinski definition) is 2. The molecule has 0 aromatic carbocycles. The van der Waals surface area contributed by atoms with Gasteiger partial charge in [0.05, 0.1) is 6.61 Å². The summed E-state index contributed by atoms with van der Waals surface area (Å²) in [5.41, 5.74) is 0. The lowest BCUT2D eigenvalue weighted by Crippen LogP contribution is -2.40. The van der Waals surface area contributed by atoms with Crippen molar-refractivity contribution in [2.24, 2.45) is 5.92 Å². The maximum atomic E-state index is 5.40. The van der Waals surface area contributed by atoms with Crippen molar-refractivity contribution < 1.29 is 4.74 Å². The van der Waals surface area contributed by atoms with Gasteiger partial charge in [0.1, 0.15) is 0 Å². The van der Waals surface area contributed by atoms with Crippen molar-refractivity contribution in [1.82, 2.24) is 10.6 Å². The highest BCUT2D eigenvalue weighted by Crippen LogP contribution is 2.18. The van der Waals surface area contributed by atoms with E-state index in [9.17, 15) is 0 Å². The largest absolute Gasteiger partial charge is 0.381 e. The van der Waals surface area contributed by atoms with Crippen molar-refractivity contribution >= 4 is 17.3 Å². The highest BCUT2D eigenvalue weighted by atomic mass is 32.1. The van der Waals surface area contributed by atoms with Crippen molar-refractivity contribution in [3.63, 3.8) is 0 Å². The SMILES string of the molecule is S=C(NCC1CCCOC1)NC1CC1. The van der Waals surface area contributed by atoms with Gasteiger partial charge in [-0.3, -0.25) is 0 Å². The predicted molar refractivity (Wildman–Crippen MR) is 60.3 cm³/mol. The molecule has 1 aliphatic carbocycles. The molecule has 1 saturated carbocycles. The summed E-state index contributed by atoms with van der Waals surface area (Å²) in [6.45, 7) is 2.78. The van der Waals surface area contributed by atoms with Crippen molar-refractivity contribution in [1.29, 1.82) is 0 Å². The molecule has 14 heavy (non-hydrogen) atoms. The van der Waals surface area contributed by atoms with Gasteiger partial charge >= 0.3 is 0 Å². The van der Waals surface area contributed by atoms with Crippen molar-refractivity contribution in [2.75, 3.05) is 19.8 Å². The number of ether oxygens (including phenoxy) is 1. The number of thiocarbonyl (C=S) groups is 1. The van der Waals surface area contributed by atoms with Crippen LogP contribution in [0, 0.1) is 5.92 Å². The van der Waals surface area contributed by atoms with Gasteiger partial charge in [0.25, 0.3) is 0 Å². The van der Waals surface area contributed by atoms with Crippen molar-refractivity contribution in [3.05, 3.63) is 0 Å². The minimum atomic E-state index is 0.641. The molecule has 0 aromatic rings. The zero-order chi connectivity index (χ0) is 9.80. The van der Waals surface area contributed by atoms with E-state index >= 15 is 0 Å². The van der Waals surface area contributed by atoms with Gasteiger partial charge in [-0.2, -0.15) is 0 Å². The molecule has 1 heterocycles. The molecule has 1 saturated heterocycles. The van der Waals surface area contributed by atoms with E-state index in [4.69, 9.17) is 17.0 Å². The van der Waals surface area contributed by atoms with Gasteiger partial charge in [-0.05, 0) is 43.8 Å². The zero-order valence-electron chi connectivity index (χ0n) is 8.42. The Morgan fingerprint density at radius 1 is 1.36 bits per heavy atom. The van der Waals surface area contributed by atoms with Crippen LogP contribution in [0.25, 0.3) is 0 Å². The number of hydrogen-bond donors (Lipinski definition) is 2. The van der Waals surface area contributed by atoms with Crippen molar-refractivity contribution in [2.45, 2.75) is 31.7 Å². The predicted octanol–water partition coefficient (Wildman–Crippen LogP) is 1.04. The van der Waals surface area contributed by atoms with Crippen LogP contribution in [0.1, 0.15) is 25.7 Å². The fourth-order valence-corrected chi connectivity index (χ4v) is 1.92. The summed E-state index contributed by atoms with van der Waals surface area (Å²) >= 11 is 5.18. The minimum absolute atomic E-state index is 0.641. The van der Waals surface area contributed by atoms with E-state index < -0.39 is 0 Å². The van der Waals surface area contributed by atoms with E-state index in [1.165, 1.54) is 25.7 Å². The van der Waals surface area contributed by atoms with Gasteiger partial charge in [-0.25, -0.2) is 0 Å². The number of nitrogens with one attached hydrogen (secondary N) is 2. The second-order valence-electron chi connectivity index (χ2n) is 4.21. The molecule has 0 radical (unpaired) electrons.